The number of piperidine rings is 1. The number of ether oxygens (including phenoxy) is 2. The zero-order chi connectivity index (χ0) is 13.8. The number of carbonyl (C=O) groups is 1. The third-order valence-electron chi connectivity index (χ3n) is 3.28. The Bertz CT molecular complexity index is 439. The lowest BCUT2D eigenvalue weighted by molar-refractivity contribution is 0.0473. The Kier molecular flexibility index (Phi) is 4.27. The van der Waals surface area contributed by atoms with Gasteiger partial charge in [0.25, 0.3) is 5.91 Å². The van der Waals surface area contributed by atoms with Crippen LogP contribution < -0.4 is 9.47 Å². The predicted octanol–water partition coefficient (Wildman–Crippen LogP) is 1.30. The van der Waals surface area contributed by atoms with E-state index in [1.54, 1.807) is 37.3 Å². The van der Waals surface area contributed by atoms with Crippen LogP contribution in [0.2, 0.25) is 0 Å². The number of β-amino-alcohol motifs (C(OH)–C–C–N with tert-alkyl or cyclic N) is 1. The molecule has 104 valence electrons. The molecule has 1 amide bonds. The smallest absolute Gasteiger partial charge is 0.254 e. The number of hydrogen-bond donors (Lipinski definition) is 1. The quantitative estimate of drug-likeness (QED) is 0.895. The van der Waals surface area contributed by atoms with Crippen molar-refractivity contribution in [3.05, 3.63) is 23.8 Å². The molecule has 1 fully saturated rings. The summed E-state index contributed by atoms with van der Waals surface area (Å²) in [6, 6.07) is 5.10. The second-order valence-corrected chi connectivity index (χ2v) is 4.65. The Hall–Kier alpha value is -1.75. The lowest BCUT2D eigenvalue weighted by Crippen LogP contribution is -2.42. The maximum Gasteiger partial charge on any atom is 0.254 e. The molecular weight excluding hydrogens is 246 g/mol. The van der Waals surface area contributed by atoms with Gasteiger partial charge >= 0.3 is 0 Å². The number of rotatable bonds is 3. The summed E-state index contributed by atoms with van der Waals surface area (Å²) in [7, 11) is 3.10. The molecule has 1 aliphatic rings. The van der Waals surface area contributed by atoms with Crippen molar-refractivity contribution in [2.45, 2.75) is 18.9 Å². The first kappa shape index (κ1) is 13.7. The molecule has 1 atom stereocenters. The van der Waals surface area contributed by atoms with Crippen molar-refractivity contribution in [3.63, 3.8) is 0 Å². The summed E-state index contributed by atoms with van der Waals surface area (Å²) in [5, 5.41) is 9.63. The van der Waals surface area contributed by atoms with E-state index in [-0.39, 0.29) is 5.91 Å². The second kappa shape index (κ2) is 5.93. The van der Waals surface area contributed by atoms with Gasteiger partial charge in [-0.05, 0) is 25.0 Å². The molecule has 5 heteroatoms. The van der Waals surface area contributed by atoms with Gasteiger partial charge in [-0.25, -0.2) is 0 Å². The predicted molar refractivity (Wildman–Crippen MR) is 70.7 cm³/mol. The van der Waals surface area contributed by atoms with E-state index in [4.69, 9.17) is 9.47 Å². The van der Waals surface area contributed by atoms with Crippen molar-refractivity contribution >= 4 is 5.91 Å². The Morgan fingerprint density at radius 3 is 2.42 bits per heavy atom. The van der Waals surface area contributed by atoms with Crippen molar-refractivity contribution in [2.24, 2.45) is 0 Å². The van der Waals surface area contributed by atoms with Crippen molar-refractivity contribution in [1.82, 2.24) is 4.90 Å². The molecule has 0 aliphatic carbocycles. The number of nitrogens with zero attached hydrogens (tertiary/aromatic N) is 1. The van der Waals surface area contributed by atoms with E-state index in [0.717, 1.165) is 12.8 Å². The van der Waals surface area contributed by atoms with E-state index in [0.29, 0.717) is 30.2 Å². The van der Waals surface area contributed by atoms with Crippen molar-refractivity contribution in [2.75, 3.05) is 27.3 Å². The van der Waals surface area contributed by atoms with Crippen LogP contribution in [0.25, 0.3) is 0 Å². The number of aliphatic hydroxyl groups excluding tert-OH is 1. The number of hydrogen-bond acceptors (Lipinski definition) is 4. The van der Waals surface area contributed by atoms with Crippen LogP contribution in [-0.2, 0) is 0 Å². The second-order valence-electron chi connectivity index (χ2n) is 4.65. The number of likely N-dealkylation sites (tertiary alicyclic amines) is 1. The average Bonchev–Trinajstić information content (AvgIpc) is 2.45. The van der Waals surface area contributed by atoms with E-state index >= 15 is 0 Å². The van der Waals surface area contributed by atoms with E-state index < -0.39 is 6.10 Å². The van der Waals surface area contributed by atoms with Gasteiger partial charge in [-0.1, -0.05) is 0 Å². The lowest BCUT2D eigenvalue weighted by Gasteiger charge is -2.30. The Morgan fingerprint density at radius 1 is 1.26 bits per heavy atom. The molecule has 0 saturated carbocycles. The number of amides is 1. The van der Waals surface area contributed by atoms with E-state index in [1.165, 1.54) is 0 Å². The van der Waals surface area contributed by atoms with Crippen LogP contribution in [0.1, 0.15) is 23.2 Å². The fourth-order valence-corrected chi connectivity index (χ4v) is 2.25. The first-order chi connectivity index (χ1) is 9.13. The zero-order valence-electron chi connectivity index (χ0n) is 11.3. The molecule has 1 aromatic rings. The van der Waals surface area contributed by atoms with Gasteiger partial charge in [0.1, 0.15) is 11.5 Å². The van der Waals surface area contributed by atoms with Gasteiger partial charge in [-0.2, -0.15) is 0 Å². The molecule has 0 bridgehead atoms. The highest BCUT2D eigenvalue weighted by Gasteiger charge is 2.23. The molecule has 2 rings (SSSR count). The number of methoxy groups -OCH3 is 2. The van der Waals surface area contributed by atoms with Crippen LogP contribution in [0.5, 0.6) is 11.5 Å². The van der Waals surface area contributed by atoms with E-state index in [1.807, 2.05) is 0 Å². The largest absolute Gasteiger partial charge is 0.497 e. The van der Waals surface area contributed by atoms with Gasteiger partial charge in [0.2, 0.25) is 0 Å². The molecule has 0 radical (unpaired) electrons. The molecule has 5 nitrogen and oxygen atoms in total. The number of benzene rings is 1. The Balaban J connectivity index is 2.22. The molecule has 0 aromatic heterocycles. The maximum absolute atomic E-state index is 12.4. The molecule has 0 spiro atoms. The van der Waals surface area contributed by atoms with Crippen LogP contribution in [0.15, 0.2) is 18.2 Å². The first-order valence-electron chi connectivity index (χ1n) is 6.34. The highest BCUT2D eigenvalue weighted by molar-refractivity contribution is 5.95. The summed E-state index contributed by atoms with van der Waals surface area (Å²) in [5.74, 6) is 1.07. The Labute approximate surface area is 112 Å². The summed E-state index contributed by atoms with van der Waals surface area (Å²) < 4.78 is 10.3. The summed E-state index contributed by atoms with van der Waals surface area (Å²) in [4.78, 5) is 14.1. The molecule has 1 heterocycles. The van der Waals surface area contributed by atoms with Gasteiger partial charge in [-0.3, -0.25) is 4.79 Å². The van der Waals surface area contributed by atoms with Crippen molar-refractivity contribution in [3.8, 4) is 11.5 Å². The molecule has 19 heavy (non-hydrogen) atoms. The van der Waals surface area contributed by atoms with Crippen LogP contribution in [0.4, 0.5) is 0 Å². The first-order valence-corrected chi connectivity index (χ1v) is 6.34. The van der Waals surface area contributed by atoms with Crippen molar-refractivity contribution < 1.29 is 19.4 Å². The molecule has 1 saturated heterocycles. The SMILES string of the molecule is COc1cc(OC)cc(C(=O)N2CCC[C@H](O)C2)c1. The maximum atomic E-state index is 12.4. The van der Waals surface area contributed by atoms with Gasteiger partial charge < -0.3 is 19.5 Å². The fourth-order valence-electron chi connectivity index (χ4n) is 2.25. The average molecular weight is 265 g/mol. The van der Waals surface area contributed by atoms with Gasteiger partial charge in [0.05, 0.1) is 20.3 Å². The summed E-state index contributed by atoms with van der Waals surface area (Å²) >= 11 is 0. The molecule has 1 aliphatic heterocycles. The van der Waals surface area contributed by atoms with Gasteiger partial charge in [0.15, 0.2) is 0 Å². The van der Waals surface area contributed by atoms with Crippen LogP contribution in [-0.4, -0.2) is 49.3 Å². The molecule has 0 unspecified atom stereocenters. The minimum Gasteiger partial charge on any atom is -0.497 e. The minimum atomic E-state index is -0.426. The highest BCUT2D eigenvalue weighted by atomic mass is 16.5. The monoisotopic (exact) mass is 265 g/mol. The van der Waals surface area contributed by atoms with Crippen LogP contribution >= 0.6 is 0 Å². The zero-order valence-corrected chi connectivity index (χ0v) is 11.3. The van der Waals surface area contributed by atoms with Crippen molar-refractivity contribution in [1.29, 1.82) is 0 Å². The molecule has 1 aromatic carbocycles. The fraction of sp³-hybridized carbons (Fsp3) is 0.500. The summed E-state index contributed by atoms with van der Waals surface area (Å²) in [5.41, 5.74) is 0.519. The number of carbonyl (C=O) groups excluding carboxylic acids is 1. The van der Waals surface area contributed by atoms with Crippen LogP contribution in [0, 0.1) is 0 Å². The molecular formula is C14H19NO4. The minimum absolute atomic E-state index is 0.101. The normalized spacial score (nSPS) is 19.1. The topological polar surface area (TPSA) is 59.0 Å². The lowest BCUT2D eigenvalue weighted by atomic mass is 10.1. The Morgan fingerprint density at radius 2 is 1.89 bits per heavy atom. The summed E-state index contributed by atoms with van der Waals surface area (Å²) in [6.45, 7) is 1.06. The van der Waals surface area contributed by atoms with Crippen LogP contribution in [0.3, 0.4) is 0 Å². The van der Waals surface area contributed by atoms with E-state index in [2.05, 4.69) is 0 Å². The standard InChI is InChI=1S/C14H19NO4/c1-18-12-6-10(7-13(8-12)19-2)14(17)15-5-3-4-11(16)9-15/h6-8,11,16H,3-5,9H2,1-2H3/t11-/m0/s1. The summed E-state index contributed by atoms with van der Waals surface area (Å²) in [6.07, 6.45) is 1.16. The third kappa shape index (κ3) is 3.17. The molecule has 1 N–H and O–H groups in total. The number of aliphatic hydroxyl groups is 1. The van der Waals surface area contributed by atoms with Gasteiger partial charge in [-0.15, -0.1) is 0 Å². The van der Waals surface area contributed by atoms with E-state index in [9.17, 15) is 9.90 Å². The third-order valence-corrected chi connectivity index (χ3v) is 3.28. The van der Waals surface area contributed by atoms with Gasteiger partial charge in [0, 0.05) is 24.7 Å². The highest BCUT2D eigenvalue weighted by Crippen LogP contribution is 2.24.